The molecule has 1 aromatic heterocycles. The largest absolute Gasteiger partial charge is 0.337 e. The van der Waals surface area contributed by atoms with Crippen LogP contribution >= 0.6 is 0 Å². The van der Waals surface area contributed by atoms with Crippen molar-refractivity contribution < 1.29 is 9.32 Å². The van der Waals surface area contributed by atoms with E-state index < -0.39 is 0 Å². The molecule has 1 aliphatic rings. The fraction of sp³-hybridized carbons (Fsp3) is 0.500. The molecule has 0 spiro atoms. The number of rotatable bonds is 4. The first kappa shape index (κ1) is 16.6. The van der Waals surface area contributed by atoms with E-state index >= 15 is 0 Å². The lowest BCUT2D eigenvalue weighted by atomic mass is 10.0. The summed E-state index contributed by atoms with van der Waals surface area (Å²) in [6.07, 6.45) is 2.11. The zero-order valence-electron chi connectivity index (χ0n) is 14.5. The molecule has 1 N–H and O–H groups in total. The molecule has 1 fully saturated rings. The van der Waals surface area contributed by atoms with Gasteiger partial charge in [0.25, 0.3) is 11.8 Å². The van der Waals surface area contributed by atoms with E-state index in [1.807, 2.05) is 50.1 Å². The molecule has 0 saturated carbocycles. The molecule has 0 aliphatic carbocycles. The van der Waals surface area contributed by atoms with Gasteiger partial charge in [0.1, 0.15) is 0 Å². The van der Waals surface area contributed by atoms with Crippen molar-refractivity contribution in [1.82, 2.24) is 20.4 Å². The third-order valence-electron chi connectivity index (χ3n) is 4.46. The predicted octanol–water partition coefficient (Wildman–Crippen LogP) is 2.68. The van der Waals surface area contributed by atoms with E-state index in [-0.39, 0.29) is 11.8 Å². The lowest BCUT2D eigenvalue weighted by Gasteiger charge is -2.32. The van der Waals surface area contributed by atoms with E-state index in [1.165, 1.54) is 0 Å². The average Bonchev–Trinajstić information content (AvgIpc) is 3.11. The number of piperidine rings is 1. The topological polar surface area (TPSA) is 71.3 Å². The third-order valence-corrected chi connectivity index (χ3v) is 4.46. The number of nitrogens with one attached hydrogen (secondary N) is 1. The van der Waals surface area contributed by atoms with E-state index in [2.05, 4.69) is 15.5 Å². The normalized spacial score (nSPS) is 18.2. The second-order valence-corrected chi connectivity index (χ2v) is 6.54. The van der Waals surface area contributed by atoms with Gasteiger partial charge in [0.15, 0.2) is 5.82 Å². The number of likely N-dealkylation sites (N-methyl/N-ethyl adjacent to an activating group) is 1. The minimum absolute atomic E-state index is 0.0230. The van der Waals surface area contributed by atoms with Crippen LogP contribution in [0.2, 0.25) is 0 Å². The van der Waals surface area contributed by atoms with Crippen molar-refractivity contribution in [3.05, 3.63) is 35.7 Å². The molecule has 1 unspecified atom stereocenters. The molecule has 128 valence electrons. The van der Waals surface area contributed by atoms with Gasteiger partial charge in [0.05, 0.1) is 11.1 Å². The van der Waals surface area contributed by atoms with Crippen LogP contribution in [-0.2, 0) is 0 Å². The Balaban J connectivity index is 1.89. The Morgan fingerprint density at radius 1 is 1.38 bits per heavy atom. The van der Waals surface area contributed by atoms with E-state index in [0.29, 0.717) is 28.9 Å². The van der Waals surface area contributed by atoms with Crippen molar-refractivity contribution in [2.75, 3.05) is 20.1 Å². The van der Waals surface area contributed by atoms with Crippen LogP contribution in [0.3, 0.4) is 0 Å². The van der Waals surface area contributed by atoms with Crippen LogP contribution in [0.4, 0.5) is 0 Å². The first-order chi connectivity index (χ1) is 11.6. The van der Waals surface area contributed by atoms with E-state index in [0.717, 1.165) is 25.9 Å². The Bertz CT molecular complexity index is 711. The van der Waals surface area contributed by atoms with Crippen molar-refractivity contribution >= 4 is 5.91 Å². The number of likely N-dealkylation sites (tertiary alicyclic amines) is 1. The van der Waals surface area contributed by atoms with Crippen LogP contribution in [0, 0.1) is 0 Å². The highest BCUT2D eigenvalue weighted by Crippen LogP contribution is 2.25. The van der Waals surface area contributed by atoms with Crippen LogP contribution in [0.25, 0.3) is 11.5 Å². The van der Waals surface area contributed by atoms with Crippen LogP contribution in [0.15, 0.2) is 28.8 Å². The summed E-state index contributed by atoms with van der Waals surface area (Å²) in [5.74, 6) is 1.27. The van der Waals surface area contributed by atoms with Gasteiger partial charge in [-0.3, -0.25) is 4.79 Å². The molecule has 1 saturated heterocycles. The molecule has 0 bridgehead atoms. The Labute approximate surface area is 142 Å². The summed E-state index contributed by atoms with van der Waals surface area (Å²) in [6.45, 7) is 5.53. The number of carbonyl (C=O) groups is 1. The number of carbonyl (C=O) groups excluding carboxylic acids is 1. The molecule has 6 heteroatoms. The predicted molar refractivity (Wildman–Crippen MR) is 91.8 cm³/mol. The number of benzene rings is 1. The Morgan fingerprint density at radius 2 is 2.17 bits per heavy atom. The summed E-state index contributed by atoms with van der Waals surface area (Å²) >= 11 is 0. The van der Waals surface area contributed by atoms with Crippen LogP contribution in [0.5, 0.6) is 0 Å². The van der Waals surface area contributed by atoms with Gasteiger partial charge in [-0.25, -0.2) is 0 Å². The molecule has 0 radical (unpaired) electrons. The number of hydrogen-bond acceptors (Lipinski definition) is 5. The molecule has 24 heavy (non-hydrogen) atoms. The van der Waals surface area contributed by atoms with E-state index in [4.69, 9.17) is 4.52 Å². The number of nitrogens with zero attached hydrogens (tertiary/aromatic N) is 3. The molecule has 2 aromatic rings. The maximum atomic E-state index is 13.0. The van der Waals surface area contributed by atoms with Gasteiger partial charge in [-0.15, -0.1) is 0 Å². The second-order valence-electron chi connectivity index (χ2n) is 6.54. The summed E-state index contributed by atoms with van der Waals surface area (Å²) in [4.78, 5) is 19.3. The maximum Gasteiger partial charge on any atom is 0.258 e. The van der Waals surface area contributed by atoms with Gasteiger partial charge in [-0.05, 0) is 32.0 Å². The van der Waals surface area contributed by atoms with Crippen molar-refractivity contribution in [2.45, 2.75) is 38.6 Å². The van der Waals surface area contributed by atoms with E-state index in [9.17, 15) is 4.79 Å². The standard InChI is InChI=1S/C18H24N4O2/c1-12(2)16-20-17(24-21-16)14-8-4-5-9-15(14)18(23)22-10-6-7-13(11-22)19-3/h4-5,8-9,12-13,19H,6-7,10-11H2,1-3H3. The molecule has 3 rings (SSSR count). The SMILES string of the molecule is CNC1CCCN(C(=O)c2ccccc2-c2nc(C(C)C)no2)C1. The van der Waals surface area contributed by atoms with Crippen LogP contribution in [-0.4, -0.2) is 47.1 Å². The summed E-state index contributed by atoms with van der Waals surface area (Å²) in [5, 5.41) is 7.28. The quantitative estimate of drug-likeness (QED) is 0.934. The molecule has 1 atom stereocenters. The summed E-state index contributed by atoms with van der Waals surface area (Å²) in [6, 6.07) is 7.81. The molecular weight excluding hydrogens is 304 g/mol. The number of hydrogen-bond donors (Lipinski definition) is 1. The minimum Gasteiger partial charge on any atom is -0.337 e. The fourth-order valence-corrected chi connectivity index (χ4v) is 3.00. The molecule has 6 nitrogen and oxygen atoms in total. The van der Waals surface area contributed by atoms with Crippen molar-refractivity contribution in [2.24, 2.45) is 0 Å². The van der Waals surface area contributed by atoms with Gasteiger partial charge >= 0.3 is 0 Å². The smallest absolute Gasteiger partial charge is 0.258 e. The highest BCUT2D eigenvalue weighted by atomic mass is 16.5. The van der Waals surface area contributed by atoms with Crippen LogP contribution in [0.1, 0.15) is 48.8 Å². The van der Waals surface area contributed by atoms with Gasteiger partial charge < -0.3 is 14.7 Å². The Hall–Kier alpha value is -2.21. The number of amides is 1. The Kier molecular flexibility index (Phi) is 4.94. The molecular formula is C18H24N4O2. The first-order valence-corrected chi connectivity index (χ1v) is 8.49. The van der Waals surface area contributed by atoms with Gasteiger partial charge in [0.2, 0.25) is 0 Å². The summed E-state index contributed by atoms with van der Waals surface area (Å²) in [5.41, 5.74) is 1.32. The fourth-order valence-electron chi connectivity index (χ4n) is 3.00. The second kappa shape index (κ2) is 7.13. The van der Waals surface area contributed by atoms with Gasteiger partial charge in [-0.1, -0.05) is 31.1 Å². The molecule has 1 aromatic carbocycles. The monoisotopic (exact) mass is 328 g/mol. The molecule has 2 heterocycles. The van der Waals surface area contributed by atoms with E-state index in [1.54, 1.807) is 0 Å². The highest BCUT2D eigenvalue weighted by Gasteiger charge is 2.26. The van der Waals surface area contributed by atoms with Crippen LogP contribution < -0.4 is 5.32 Å². The molecule has 1 aliphatic heterocycles. The lowest BCUT2D eigenvalue weighted by Crippen LogP contribution is -2.47. The van der Waals surface area contributed by atoms with Crippen molar-refractivity contribution in [1.29, 1.82) is 0 Å². The zero-order chi connectivity index (χ0) is 17.1. The zero-order valence-corrected chi connectivity index (χ0v) is 14.5. The minimum atomic E-state index is 0.0230. The first-order valence-electron chi connectivity index (χ1n) is 8.49. The molecule has 1 amide bonds. The number of aromatic nitrogens is 2. The highest BCUT2D eigenvalue weighted by molar-refractivity contribution is 6.00. The third kappa shape index (κ3) is 3.33. The summed E-state index contributed by atoms with van der Waals surface area (Å²) in [7, 11) is 1.94. The van der Waals surface area contributed by atoms with Gasteiger partial charge in [0, 0.05) is 25.0 Å². The lowest BCUT2D eigenvalue weighted by molar-refractivity contribution is 0.0698. The Morgan fingerprint density at radius 3 is 2.88 bits per heavy atom. The van der Waals surface area contributed by atoms with Crippen molar-refractivity contribution in [3.8, 4) is 11.5 Å². The average molecular weight is 328 g/mol. The maximum absolute atomic E-state index is 13.0. The van der Waals surface area contributed by atoms with Gasteiger partial charge in [-0.2, -0.15) is 4.98 Å². The van der Waals surface area contributed by atoms with Crippen molar-refractivity contribution in [3.63, 3.8) is 0 Å². The summed E-state index contributed by atoms with van der Waals surface area (Å²) < 4.78 is 5.39.